The van der Waals surface area contributed by atoms with Crippen molar-refractivity contribution in [3.05, 3.63) is 121 Å². The van der Waals surface area contributed by atoms with E-state index in [1.807, 2.05) is 0 Å². The third-order valence-electron chi connectivity index (χ3n) is 4.67. The van der Waals surface area contributed by atoms with Crippen LogP contribution >= 0.6 is 17.2 Å². The Bertz CT molecular complexity index is 912. The maximum absolute atomic E-state index is 2.28. The van der Waals surface area contributed by atoms with Crippen molar-refractivity contribution in [3.8, 4) is 0 Å². The van der Waals surface area contributed by atoms with Crippen LogP contribution in [0.25, 0.3) is 0 Å². The molecule has 1 unspecified atom stereocenters. The van der Waals surface area contributed by atoms with E-state index < -0.39 is 0 Å². The minimum atomic E-state index is 0.775. The monoisotopic (exact) mass is 428 g/mol. The molecule has 0 N–H and O–H groups in total. The van der Waals surface area contributed by atoms with Gasteiger partial charge in [0, 0.05) is 0 Å². The van der Waals surface area contributed by atoms with E-state index in [2.05, 4.69) is 122 Å². The van der Waals surface area contributed by atoms with Crippen molar-refractivity contribution in [2.75, 3.05) is 0 Å². The Morgan fingerprint density at radius 1 is 0.467 bits per heavy atom. The molecular formula is C28H30P2. The van der Waals surface area contributed by atoms with Crippen molar-refractivity contribution in [2.45, 2.75) is 26.2 Å². The van der Waals surface area contributed by atoms with Crippen LogP contribution in [0.3, 0.4) is 0 Å². The van der Waals surface area contributed by atoms with Gasteiger partial charge in [0.05, 0.1) is 0 Å². The molecule has 0 amide bonds. The molecule has 4 aromatic rings. The van der Waals surface area contributed by atoms with Gasteiger partial charge >= 0.3 is 0 Å². The molecule has 4 aromatic carbocycles. The van der Waals surface area contributed by atoms with Gasteiger partial charge in [-0.25, -0.2) is 0 Å². The van der Waals surface area contributed by atoms with E-state index in [0.29, 0.717) is 0 Å². The minimum absolute atomic E-state index is 0.775. The highest BCUT2D eigenvalue weighted by molar-refractivity contribution is 7.55. The number of hydrogen-bond donors (Lipinski definition) is 0. The van der Waals surface area contributed by atoms with E-state index in [1.165, 1.54) is 46.0 Å². The van der Waals surface area contributed by atoms with Crippen molar-refractivity contribution in [3.63, 3.8) is 0 Å². The van der Waals surface area contributed by atoms with Crippen LogP contribution in [0, 0.1) is 0 Å². The Balaban J connectivity index is 0.000000177. The summed E-state index contributed by atoms with van der Waals surface area (Å²) in [4.78, 5) is 0. The molecule has 4 rings (SSSR count). The molecule has 0 aliphatic heterocycles. The lowest BCUT2D eigenvalue weighted by Crippen LogP contribution is -2.02. The molecule has 152 valence electrons. The molecule has 0 nitrogen and oxygen atoms in total. The molecule has 30 heavy (non-hydrogen) atoms. The smallest absolute Gasteiger partial charge is 0.0226 e. The SMILES string of the molecule is CCCCc1ccc(Pc2ccccc2)cc1.c1ccc(Pc2ccccc2)cc1. The van der Waals surface area contributed by atoms with Gasteiger partial charge in [-0.2, -0.15) is 0 Å². The zero-order chi connectivity index (χ0) is 20.9. The van der Waals surface area contributed by atoms with Crippen LogP contribution in [0.1, 0.15) is 25.3 Å². The standard InChI is InChI=1S/C16H19P.C12H11P/c1-2-3-7-14-10-12-16(13-11-14)17-15-8-5-4-6-9-15;1-3-7-11(8-4-1)13-12-9-5-2-6-10-12/h4-6,8-13,17H,2-3,7H2,1H3;1-10,13H. The average molecular weight is 428 g/mol. The van der Waals surface area contributed by atoms with Gasteiger partial charge in [-0.05, 0) is 39.6 Å². The molecule has 0 aromatic heterocycles. The topological polar surface area (TPSA) is 0 Å². The highest BCUT2D eigenvalue weighted by Gasteiger charge is 1.97. The van der Waals surface area contributed by atoms with Gasteiger partial charge in [-0.3, -0.25) is 0 Å². The molecule has 0 radical (unpaired) electrons. The van der Waals surface area contributed by atoms with Gasteiger partial charge in [0.15, 0.2) is 0 Å². The minimum Gasteiger partial charge on any atom is -0.0654 e. The summed E-state index contributed by atoms with van der Waals surface area (Å²) in [6, 6.07) is 40.9. The van der Waals surface area contributed by atoms with E-state index in [0.717, 1.165) is 17.2 Å². The molecule has 0 heterocycles. The van der Waals surface area contributed by atoms with E-state index in [-0.39, 0.29) is 0 Å². The summed E-state index contributed by atoms with van der Waals surface area (Å²) < 4.78 is 0. The molecule has 0 aliphatic rings. The van der Waals surface area contributed by atoms with Gasteiger partial charge in [0.2, 0.25) is 0 Å². The van der Waals surface area contributed by atoms with Crippen LogP contribution in [0.5, 0.6) is 0 Å². The van der Waals surface area contributed by atoms with Crippen molar-refractivity contribution in [1.82, 2.24) is 0 Å². The lowest BCUT2D eigenvalue weighted by molar-refractivity contribution is 0.795. The van der Waals surface area contributed by atoms with E-state index >= 15 is 0 Å². The van der Waals surface area contributed by atoms with Gasteiger partial charge in [0.25, 0.3) is 0 Å². The number of unbranched alkanes of at least 4 members (excludes halogenated alkanes) is 1. The summed E-state index contributed by atoms with van der Waals surface area (Å²) in [6.07, 6.45) is 3.78. The summed E-state index contributed by atoms with van der Waals surface area (Å²) in [5.41, 5.74) is 1.47. The molecule has 0 saturated heterocycles. The molecule has 1 atom stereocenters. The van der Waals surface area contributed by atoms with Crippen LogP contribution < -0.4 is 21.2 Å². The first-order valence-electron chi connectivity index (χ1n) is 10.6. The molecule has 2 heteroatoms. The van der Waals surface area contributed by atoms with Gasteiger partial charge in [-0.1, -0.05) is 146 Å². The third-order valence-corrected chi connectivity index (χ3v) is 7.16. The largest absolute Gasteiger partial charge is 0.0654 e. The van der Waals surface area contributed by atoms with Crippen molar-refractivity contribution < 1.29 is 0 Å². The first kappa shape index (κ1) is 22.4. The number of benzene rings is 4. The van der Waals surface area contributed by atoms with Crippen LogP contribution in [0.2, 0.25) is 0 Å². The fourth-order valence-corrected chi connectivity index (χ4v) is 5.11. The maximum atomic E-state index is 2.28. The van der Waals surface area contributed by atoms with Crippen LogP contribution in [0.4, 0.5) is 0 Å². The zero-order valence-electron chi connectivity index (χ0n) is 17.6. The molecule has 0 saturated carbocycles. The van der Waals surface area contributed by atoms with Crippen LogP contribution in [0.15, 0.2) is 115 Å². The second kappa shape index (κ2) is 13.1. The number of rotatable bonds is 7. The first-order valence-corrected chi connectivity index (χ1v) is 12.6. The Morgan fingerprint density at radius 3 is 1.20 bits per heavy atom. The fraction of sp³-hybridized carbons (Fsp3) is 0.143. The summed E-state index contributed by atoms with van der Waals surface area (Å²) in [5, 5.41) is 5.63. The second-order valence-corrected chi connectivity index (χ2v) is 9.96. The van der Waals surface area contributed by atoms with Gasteiger partial charge < -0.3 is 0 Å². The Hall–Kier alpha value is -2.26. The molecule has 0 bridgehead atoms. The summed E-state index contributed by atoms with van der Waals surface area (Å²) in [6.45, 7) is 2.24. The third kappa shape index (κ3) is 8.23. The maximum Gasteiger partial charge on any atom is -0.0226 e. The van der Waals surface area contributed by atoms with Crippen molar-refractivity contribution in [1.29, 1.82) is 0 Å². The Kier molecular flexibility index (Phi) is 9.81. The summed E-state index contributed by atoms with van der Waals surface area (Å²) in [5.74, 6) is 0. The highest BCUT2D eigenvalue weighted by atomic mass is 31.1. The predicted octanol–water partition coefficient (Wildman–Crippen LogP) is 5.97. The normalized spacial score (nSPS) is 10.6. The van der Waals surface area contributed by atoms with Gasteiger partial charge in [-0.15, -0.1) is 0 Å². The molecule has 0 aliphatic carbocycles. The summed E-state index contributed by atoms with van der Waals surface area (Å²) in [7, 11) is 1.55. The molecule has 0 fully saturated rings. The first-order chi connectivity index (χ1) is 14.8. The van der Waals surface area contributed by atoms with E-state index in [9.17, 15) is 0 Å². The van der Waals surface area contributed by atoms with Crippen LogP contribution in [-0.2, 0) is 6.42 Å². The number of hydrogen-bond acceptors (Lipinski definition) is 0. The van der Waals surface area contributed by atoms with Crippen LogP contribution in [-0.4, -0.2) is 0 Å². The average Bonchev–Trinajstić information content (AvgIpc) is 2.81. The molecule has 0 spiro atoms. The summed E-state index contributed by atoms with van der Waals surface area (Å²) >= 11 is 0. The van der Waals surface area contributed by atoms with E-state index in [1.54, 1.807) is 0 Å². The Morgan fingerprint density at radius 2 is 0.833 bits per heavy atom. The predicted molar refractivity (Wildman–Crippen MR) is 140 cm³/mol. The fourth-order valence-electron chi connectivity index (χ4n) is 3.03. The number of aryl methyl sites for hydroxylation is 1. The lowest BCUT2D eigenvalue weighted by Gasteiger charge is -2.04. The van der Waals surface area contributed by atoms with Crippen molar-refractivity contribution >= 4 is 38.4 Å². The molecular weight excluding hydrogens is 398 g/mol. The zero-order valence-corrected chi connectivity index (χ0v) is 19.6. The van der Waals surface area contributed by atoms with Crippen molar-refractivity contribution in [2.24, 2.45) is 0 Å². The van der Waals surface area contributed by atoms with E-state index in [4.69, 9.17) is 0 Å². The van der Waals surface area contributed by atoms with Gasteiger partial charge in [0.1, 0.15) is 0 Å². The Labute approximate surface area is 185 Å². The highest BCUT2D eigenvalue weighted by Crippen LogP contribution is 2.12. The lowest BCUT2D eigenvalue weighted by atomic mass is 10.1. The quantitative estimate of drug-likeness (QED) is 0.318. The second-order valence-electron chi connectivity index (χ2n) is 7.15.